The average molecular weight is 320 g/mol. The van der Waals surface area contributed by atoms with E-state index in [9.17, 15) is 0 Å². The van der Waals surface area contributed by atoms with Gasteiger partial charge in [-0.15, -0.1) is 0 Å². The monoisotopic (exact) mass is 320 g/mol. The summed E-state index contributed by atoms with van der Waals surface area (Å²) in [5.41, 5.74) is 7.38. The minimum atomic E-state index is 0.547. The summed E-state index contributed by atoms with van der Waals surface area (Å²) in [7, 11) is 0. The van der Waals surface area contributed by atoms with E-state index in [1.807, 2.05) is 0 Å². The molecule has 0 aromatic heterocycles. The second-order valence-electron chi connectivity index (χ2n) is 7.37. The quantitative estimate of drug-likeness (QED) is 0.773. The fourth-order valence-electron chi connectivity index (χ4n) is 4.43. The molecule has 0 amide bonds. The minimum Gasteiger partial charge on any atom is -0.314 e. The van der Waals surface area contributed by atoms with Crippen LogP contribution < -0.4 is 5.32 Å². The molecule has 4 rings (SSSR count). The molecule has 24 heavy (non-hydrogen) atoms. The third-order valence-corrected chi connectivity index (χ3v) is 5.89. The zero-order chi connectivity index (χ0) is 16.5. The molecule has 2 aromatic carbocycles. The molecule has 126 valence electrons. The van der Waals surface area contributed by atoms with Gasteiger partial charge in [0, 0.05) is 32.2 Å². The SMILES string of the molecule is CCC(C)[C@@H](c1ccc2c(c1)Cc1ccccc1-2)N1CCNCC1. The van der Waals surface area contributed by atoms with E-state index in [1.54, 1.807) is 0 Å². The van der Waals surface area contributed by atoms with E-state index in [-0.39, 0.29) is 0 Å². The lowest BCUT2D eigenvalue weighted by atomic mass is 9.88. The Labute approximate surface area is 145 Å². The van der Waals surface area contributed by atoms with Crippen LogP contribution in [0.1, 0.15) is 43.0 Å². The molecule has 1 N–H and O–H groups in total. The standard InChI is InChI=1S/C22H28N2/c1-3-16(2)22(24-12-10-23-11-13-24)18-8-9-21-19(15-18)14-17-6-4-5-7-20(17)21/h4-9,15-16,22-23H,3,10-14H2,1-2H3/t16?,22-/m0/s1. The normalized spacial score (nSPS) is 19.6. The van der Waals surface area contributed by atoms with E-state index >= 15 is 0 Å². The van der Waals surface area contributed by atoms with E-state index < -0.39 is 0 Å². The van der Waals surface area contributed by atoms with Crippen molar-refractivity contribution in [3.63, 3.8) is 0 Å². The molecule has 1 saturated heterocycles. The van der Waals surface area contributed by atoms with Crippen LogP contribution in [0.4, 0.5) is 0 Å². The summed E-state index contributed by atoms with van der Waals surface area (Å²) in [5.74, 6) is 0.685. The lowest BCUT2D eigenvalue weighted by Gasteiger charge is -2.38. The molecule has 2 nitrogen and oxygen atoms in total. The van der Waals surface area contributed by atoms with Crippen molar-refractivity contribution in [2.45, 2.75) is 32.7 Å². The first-order valence-corrected chi connectivity index (χ1v) is 9.43. The summed E-state index contributed by atoms with van der Waals surface area (Å²) in [6.45, 7) is 9.28. The highest BCUT2D eigenvalue weighted by Gasteiger charge is 2.28. The molecule has 1 fully saturated rings. The lowest BCUT2D eigenvalue weighted by Crippen LogP contribution is -2.46. The highest BCUT2D eigenvalue weighted by Crippen LogP contribution is 2.39. The molecule has 0 bridgehead atoms. The molecule has 2 aromatic rings. The molecule has 0 radical (unpaired) electrons. The number of fused-ring (bicyclic) bond motifs is 3. The molecular formula is C22H28N2. The highest BCUT2D eigenvalue weighted by atomic mass is 15.2. The fraction of sp³-hybridized carbons (Fsp3) is 0.455. The Morgan fingerprint density at radius 1 is 1.00 bits per heavy atom. The average Bonchev–Trinajstić information content (AvgIpc) is 3.00. The highest BCUT2D eigenvalue weighted by molar-refractivity contribution is 5.77. The van der Waals surface area contributed by atoms with Gasteiger partial charge < -0.3 is 5.32 Å². The van der Waals surface area contributed by atoms with Gasteiger partial charge in [0.15, 0.2) is 0 Å². The Bertz CT molecular complexity index is 716. The van der Waals surface area contributed by atoms with Crippen molar-refractivity contribution in [1.82, 2.24) is 10.2 Å². The summed E-state index contributed by atoms with van der Waals surface area (Å²) in [6.07, 6.45) is 2.32. The largest absolute Gasteiger partial charge is 0.314 e. The zero-order valence-electron chi connectivity index (χ0n) is 14.9. The van der Waals surface area contributed by atoms with Crippen molar-refractivity contribution in [3.05, 3.63) is 59.2 Å². The molecule has 1 aliphatic carbocycles. The van der Waals surface area contributed by atoms with Crippen molar-refractivity contribution >= 4 is 0 Å². The van der Waals surface area contributed by atoms with Gasteiger partial charge in [-0.25, -0.2) is 0 Å². The van der Waals surface area contributed by atoms with Gasteiger partial charge in [0.1, 0.15) is 0 Å². The Kier molecular flexibility index (Phi) is 4.43. The van der Waals surface area contributed by atoms with Crippen LogP contribution in [0.15, 0.2) is 42.5 Å². The van der Waals surface area contributed by atoms with Gasteiger partial charge in [0.2, 0.25) is 0 Å². The smallest absolute Gasteiger partial charge is 0.0374 e. The van der Waals surface area contributed by atoms with E-state index in [0.717, 1.165) is 32.6 Å². The molecule has 0 saturated carbocycles. The molecule has 1 aliphatic heterocycles. The second kappa shape index (κ2) is 6.70. The van der Waals surface area contributed by atoms with Crippen molar-refractivity contribution in [2.24, 2.45) is 5.92 Å². The van der Waals surface area contributed by atoms with Crippen LogP contribution in [0.5, 0.6) is 0 Å². The van der Waals surface area contributed by atoms with E-state index in [4.69, 9.17) is 0 Å². The Balaban J connectivity index is 1.68. The van der Waals surface area contributed by atoms with Crippen LogP contribution in [-0.2, 0) is 6.42 Å². The minimum absolute atomic E-state index is 0.547. The van der Waals surface area contributed by atoms with E-state index in [1.165, 1.54) is 34.2 Å². The van der Waals surface area contributed by atoms with Crippen LogP contribution in [0.2, 0.25) is 0 Å². The number of nitrogens with one attached hydrogen (secondary N) is 1. The summed E-state index contributed by atoms with van der Waals surface area (Å²) >= 11 is 0. The number of benzene rings is 2. The fourth-order valence-corrected chi connectivity index (χ4v) is 4.43. The van der Waals surface area contributed by atoms with Gasteiger partial charge in [-0.3, -0.25) is 4.90 Å². The van der Waals surface area contributed by atoms with Crippen LogP contribution in [0.25, 0.3) is 11.1 Å². The maximum Gasteiger partial charge on any atom is 0.0374 e. The first-order valence-electron chi connectivity index (χ1n) is 9.43. The first-order chi connectivity index (χ1) is 11.8. The summed E-state index contributed by atoms with van der Waals surface area (Å²) in [6, 6.07) is 16.7. The predicted molar refractivity (Wildman–Crippen MR) is 101 cm³/mol. The van der Waals surface area contributed by atoms with E-state index in [2.05, 4.69) is 66.5 Å². The van der Waals surface area contributed by atoms with Gasteiger partial charge in [-0.2, -0.15) is 0 Å². The first kappa shape index (κ1) is 15.9. The zero-order valence-corrected chi connectivity index (χ0v) is 14.9. The van der Waals surface area contributed by atoms with Crippen molar-refractivity contribution < 1.29 is 0 Å². The van der Waals surface area contributed by atoms with Crippen molar-refractivity contribution in [1.29, 1.82) is 0 Å². The number of rotatable bonds is 4. The number of hydrogen-bond acceptors (Lipinski definition) is 2. The van der Waals surface area contributed by atoms with Gasteiger partial charge >= 0.3 is 0 Å². The lowest BCUT2D eigenvalue weighted by molar-refractivity contribution is 0.128. The van der Waals surface area contributed by atoms with E-state index in [0.29, 0.717) is 12.0 Å². The topological polar surface area (TPSA) is 15.3 Å². The Morgan fingerprint density at radius 3 is 2.54 bits per heavy atom. The van der Waals surface area contributed by atoms with Crippen LogP contribution in [-0.4, -0.2) is 31.1 Å². The third kappa shape index (κ3) is 2.78. The van der Waals surface area contributed by atoms with Crippen LogP contribution in [0.3, 0.4) is 0 Å². The van der Waals surface area contributed by atoms with Crippen LogP contribution >= 0.6 is 0 Å². The molecule has 1 heterocycles. The summed E-state index contributed by atoms with van der Waals surface area (Å²) in [4.78, 5) is 2.69. The molecule has 2 heteroatoms. The van der Waals surface area contributed by atoms with Crippen molar-refractivity contribution in [2.75, 3.05) is 26.2 Å². The summed E-state index contributed by atoms with van der Waals surface area (Å²) < 4.78 is 0. The van der Waals surface area contributed by atoms with Crippen LogP contribution in [0, 0.1) is 5.92 Å². The third-order valence-electron chi connectivity index (χ3n) is 5.89. The van der Waals surface area contributed by atoms with Gasteiger partial charge in [0.05, 0.1) is 0 Å². The Morgan fingerprint density at radius 2 is 1.75 bits per heavy atom. The Hall–Kier alpha value is -1.64. The van der Waals surface area contributed by atoms with Gasteiger partial charge in [0.25, 0.3) is 0 Å². The van der Waals surface area contributed by atoms with Gasteiger partial charge in [-0.1, -0.05) is 62.7 Å². The predicted octanol–water partition coefficient (Wildman–Crippen LogP) is 4.25. The maximum atomic E-state index is 3.49. The maximum absolute atomic E-state index is 3.49. The van der Waals surface area contributed by atoms with Gasteiger partial charge in [-0.05, 0) is 40.2 Å². The summed E-state index contributed by atoms with van der Waals surface area (Å²) in [5, 5.41) is 3.49. The molecular weight excluding hydrogens is 292 g/mol. The number of piperazine rings is 1. The molecule has 2 aliphatic rings. The second-order valence-corrected chi connectivity index (χ2v) is 7.37. The molecule has 1 unspecified atom stereocenters. The molecule has 0 spiro atoms. The molecule has 2 atom stereocenters. The number of nitrogens with zero attached hydrogens (tertiary/aromatic N) is 1. The van der Waals surface area contributed by atoms with Crippen molar-refractivity contribution in [3.8, 4) is 11.1 Å². The number of hydrogen-bond donors (Lipinski definition) is 1.